The Morgan fingerprint density at radius 2 is 1.72 bits per heavy atom. The second kappa shape index (κ2) is 10.9. The van der Waals surface area contributed by atoms with Crippen LogP contribution in [0, 0.1) is 5.41 Å². The van der Waals surface area contributed by atoms with E-state index in [2.05, 4.69) is 6.92 Å². The molecule has 0 rings (SSSR count). The average molecular weight is 257 g/mol. The number of rotatable bonds is 10. The van der Waals surface area contributed by atoms with Crippen LogP contribution in [0.3, 0.4) is 0 Å². The molecule has 0 heterocycles. The number of carbonyl (C=O) groups excluding carboxylic acids is 1. The third-order valence-corrected chi connectivity index (χ3v) is 2.79. The quantitative estimate of drug-likeness (QED) is 0.272. The predicted molar refractivity (Wildman–Crippen MR) is 73.5 cm³/mol. The van der Waals surface area contributed by atoms with E-state index >= 15 is 0 Å². The van der Waals surface area contributed by atoms with Gasteiger partial charge in [0.05, 0.1) is 6.61 Å². The van der Waals surface area contributed by atoms with Crippen LogP contribution >= 0.6 is 0 Å². The van der Waals surface area contributed by atoms with Gasteiger partial charge in [0.2, 0.25) is 0 Å². The van der Waals surface area contributed by atoms with Crippen LogP contribution in [0.5, 0.6) is 0 Å². The largest absolute Gasteiger partial charge is 0.464 e. The van der Waals surface area contributed by atoms with Crippen molar-refractivity contribution in [3.05, 3.63) is 0 Å². The van der Waals surface area contributed by atoms with Gasteiger partial charge in [0, 0.05) is 7.05 Å². The second-order valence-corrected chi connectivity index (χ2v) is 4.58. The van der Waals surface area contributed by atoms with Crippen molar-refractivity contribution in [1.29, 1.82) is 5.41 Å². The van der Waals surface area contributed by atoms with Gasteiger partial charge in [0.1, 0.15) is 6.54 Å². The number of unbranched alkanes of at least 4 members (excludes halogenated alkanes) is 6. The Kier molecular flexibility index (Phi) is 10.1. The van der Waals surface area contributed by atoms with Gasteiger partial charge in [-0.25, -0.2) is 0 Å². The molecular formula is C13H27N3O2. The third-order valence-electron chi connectivity index (χ3n) is 2.79. The number of nitrogens with zero attached hydrogens (tertiary/aromatic N) is 1. The van der Waals surface area contributed by atoms with Gasteiger partial charge in [-0.1, -0.05) is 45.4 Å². The zero-order valence-electron chi connectivity index (χ0n) is 11.7. The van der Waals surface area contributed by atoms with Gasteiger partial charge in [0.15, 0.2) is 5.96 Å². The van der Waals surface area contributed by atoms with Crippen LogP contribution in [-0.4, -0.2) is 37.0 Å². The molecule has 0 aromatic carbocycles. The standard InChI is InChI=1S/C13H27N3O2/c1-3-4-5-6-7-8-9-10-18-12(17)11-16(2)13(14)15/h3-11H2,1-2H3,(H3,14,15). The summed E-state index contributed by atoms with van der Waals surface area (Å²) >= 11 is 0. The van der Waals surface area contributed by atoms with Crippen LogP contribution in [0.15, 0.2) is 0 Å². The number of esters is 1. The van der Waals surface area contributed by atoms with Gasteiger partial charge < -0.3 is 15.4 Å². The molecule has 0 fully saturated rings. The van der Waals surface area contributed by atoms with E-state index in [4.69, 9.17) is 15.9 Å². The molecule has 5 heteroatoms. The number of likely N-dealkylation sites (N-methyl/N-ethyl adjacent to an activating group) is 1. The maximum Gasteiger partial charge on any atom is 0.325 e. The van der Waals surface area contributed by atoms with Crippen LogP contribution in [0.1, 0.15) is 51.9 Å². The molecule has 0 aliphatic rings. The maximum absolute atomic E-state index is 11.3. The molecule has 3 N–H and O–H groups in total. The first-order valence-electron chi connectivity index (χ1n) is 6.78. The first-order chi connectivity index (χ1) is 8.57. The SMILES string of the molecule is CCCCCCCCCOC(=O)CN(C)C(=N)N. The molecule has 0 bridgehead atoms. The maximum atomic E-state index is 11.3. The molecule has 0 aliphatic heterocycles. The topological polar surface area (TPSA) is 79.4 Å². The fourth-order valence-corrected chi connectivity index (χ4v) is 1.57. The van der Waals surface area contributed by atoms with Crippen molar-refractivity contribution in [1.82, 2.24) is 4.90 Å². The molecule has 0 atom stereocenters. The van der Waals surface area contributed by atoms with Crippen LogP contribution in [0.25, 0.3) is 0 Å². The van der Waals surface area contributed by atoms with Crippen molar-refractivity contribution in [3.63, 3.8) is 0 Å². The average Bonchev–Trinajstić information content (AvgIpc) is 2.32. The molecule has 0 unspecified atom stereocenters. The summed E-state index contributed by atoms with van der Waals surface area (Å²) < 4.78 is 5.06. The highest BCUT2D eigenvalue weighted by Crippen LogP contribution is 2.06. The molecule has 0 aromatic rings. The molecular weight excluding hydrogens is 230 g/mol. The molecule has 0 saturated carbocycles. The Labute approximate surface area is 110 Å². The number of nitrogens with one attached hydrogen (secondary N) is 1. The van der Waals surface area contributed by atoms with Crippen molar-refractivity contribution >= 4 is 11.9 Å². The summed E-state index contributed by atoms with van der Waals surface area (Å²) in [4.78, 5) is 12.7. The Hall–Kier alpha value is -1.26. The van der Waals surface area contributed by atoms with Crippen LogP contribution in [0.4, 0.5) is 0 Å². The summed E-state index contributed by atoms with van der Waals surface area (Å²) in [6.07, 6.45) is 8.40. The lowest BCUT2D eigenvalue weighted by molar-refractivity contribution is -0.143. The van der Waals surface area contributed by atoms with Gasteiger partial charge in [0.25, 0.3) is 0 Å². The molecule has 0 aromatic heterocycles. The van der Waals surface area contributed by atoms with Crippen molar-refractivity contribution in [2.45, 2.75) is 51.9 Å². The van der Waals surface area contributed by atoms with E-state index in [0.717, 1.165) is 12.8 Å². The van der Waals surface area contributed by atoms with Crippen molar-refractivity contribution in [3.8, 4) is 0 Å². The molecule has 0 amide bonds. The van der Waals surface area contributed by atoms with Crippen LogP contribution < -0.4 is 5.73 Å². The van der Waals surface area contributed by atoms with E-state index in [0.29, 0.717) is 6.61 Å². The smallest absolute Gasteiger partial charge is 0.325 e. The van der Waals surface area contributed by atoms with E-state index in [1.165, 1.54) is 37.0 Å². The minimum absolute atomic E-state index is 0.0475. The molecule has 0 aliphatic carbocycles. The fraction of sp³-hybridized carbons (Fsp3) is 0.846. The van der Waals surface area contributed by atoms with Gasteiger partial charge >= 0.3 is 5.97 Å². The van der Waals surface area contributed by atoms with Gasteiger partial charge in [-0.15, -0.1) is 0 Å². The summed E-state index contributed by atoms with van der Waals surface area (Å²) in [7, 11) is 1.59. The van der Waals surface area contributed by atoms with Gasteiger partial charge in [-0.2, -0.15) is 0 Å². The van der Waals surface area contributed by atoms with Crippen LogP contribution in [0.2, 0.25) is 0 Å². The monoisotopic (exact) mass is 257 g/mol. The van der Waals surface area contributed by atoms with Crippen molar-refractivity contribution in [2.24, 2.45) is 5.73 Å². The number of ether oxygens (including phenoxy) is 1. The first-order valence-corrected chi connectivity index (χ1v) is 6.78. The predicted octanol–water partition coefficient (Wildman–Crippen LogP) is 2.11. The highest BCUT2D eigenvalue weighted by molar-refractivity contribution is 5.80. The Morgan fingerprint density at radius 3 is 2.28 bits per heavy atom. The second-order valence-electron chi connectivity index (χ2n) is 4.58. The summed E-state index contributed by atoms with van der Waals surface area (Å²) in [5.41, 5.74) is 5.22. The summed E-state index contributed by atoms with van der Waals surface area (Å²) in [5.74, 6) is -0.443. The zero-order valence-corrected chi connectivity index (χ0v) is 11.7. The highest BCUT2D eigenvalue weighted by atomic mass is 16.5. The molecule has 5 nitrogen and oxygen atoms in total. The molecule has 0 spiro atoms. The Balaban J connectivity index is 3.33. The lowest BCUT2D eigenvalue weighted by Gasteiger charge is -2.15. The molecule has 106 valence electrons. The van der Waals surface area contributed by atoms with Gasteiger partial charge in [-0.3, -0.25) is 10.2 Å². The molecule has 0 radical (unpaired) electrons. The summed E-state index contributed by atoms with van der Waals surface area (Å²) in [6, 6.07) is 0. The number of guanidine groups is 1. The Morgan fingerprint density at radius 1 is 1.17 bits per heavy atom. The van der Waals surface area contributed by atoms with E-state index in [-0.39, 0.29) is 18.5 Å². The van der Waals surface area contributed by atoms with E-state index in [1.807, 2.05) is 0 Å². The van der Waals surface area contributed by atoms with Crippen molar-refractivity contribution < 1.29 is 9.53 Å². The number of hydrogen-bond acceptors (Lipinski definition) is 3. The highest BCUT2D eigenvalue weighted by Gasteiger charge is 2.07. The number of carbonyl (C=O) groups is 1. The minimum atomic E-state index is -0.321. The first kappa shape index (κ1) is 16.7. The number of nitrogens with two attached hydrogens (primary N) is 1. The molecule has 18 heavy (non-hydrogen) atoms. The summed E-state index contributed by atoms with van der Waals surface area (Å²) in [5, 5.41) is 7.11. The fourth-order valence-electron chi connectivity index (χ4n) is 1.57. The number of hydrogen-bond donors (Lipinski definition) is 2. The van der Waals surface area contributed by atoms with Gasteiger partial charge in [-0.05, 0) is 6.42 Å². The van der Waals surface area contributed by atoms with E-state index in [1.54, 1.807) is 7.05 Å². The summed E-state index contributed by atoms with van der Waals surface area (Å²) in [6.45, 7) is 2.72. The van der Waals surface area contributed by atoms with E-state index in [9.17, 15) is 4.79 Å². The van der Waals surface area contributed by atoms with E-state index < -0.39 is 0 Å². The third kappa shape index (κ3) is 9.93. The Bertz CT molecular complexity index is 244. The molecule has 0 saturated heterocycles. The zero-order chi connectivity index (χ0) is 13.8. The minimum Gasteiger partial charge on any atom is -0.464 e. The van der Waals surface area contributed by atoms with Crippen molar-refractivity contribution in [2.75, 3.05) is 20.2 Å². The lowest BCUT2D eigenvalue weighted by atomic mass is 10.1. The normalized spacial score (nSPS) is 10.1. The lowest BCUT2D eigenvalue weighted by Crippen LogP contribution is -2.37. The van der Waals surface area contributed by atoms with Crippen LogP contribution in [-0.2, 0) is 9.53 Å².